The largest absolute Gasteiger partial charge is 0.330 e. The van der Waals surface area contributed by atoms with Crippen molar-refractivity contribution in [2.24, 2.45) is 7.05 Å². The van der Waals surface area contributed by atoms with E-state index in [0.717, 1.165) is 47.2 Å². The molecule has 3 aromatic heterocycles. The van der Waals surface area contributed by atoms with Crippen LogP contribution in [0.3, 0.4) is 0 Å². The zero-order valence-electron chi connectivity index (χ0n) is 15.8. The molecule has 1 aromatic carbocycles. The summed E-state index contributed by atoms with van der Waals surface area (Å²) in [5, 5.41) is 7.68. The average Bonchev–Trinajstić information content (AvgIpc) is 3.30. The first-order valence-electron chi connectivity index (χ1n) is 9.39. The van der Waals surface area contributed by atoms with Crippen LogP contribution >= 0.6 is 0 Å². The number of benzene rings is 1. The predicted octanol–water partition coefficient (Wildman–Crippen LogP) is 2.26. The van der Waals surface area contributed by atoms with Crippen LogP contribution in [0.5, 0.6) is 0 Å². The Morgan fingerprint density at radius 2 is 2.18 bits per heavy atom. The van der Waals surface area contributed by atoms with Gasteiger partial charge in [0.25, 0.3) is 0 Å². The number of imidazole rings is 1. The van der Waals surface area contributed by atoms with Gasteiger partial charge in [-0.1, -0.05) is 6.07 Å². The summed E-state index contributed by atoms with van der Waals surface area (Å²) in [7, 11) is 1.76. The molecule has 4 heterocycles. The van der Waals surface area contributed by atoms with Gasteiger partial charge in [0, 0.05) is 30.9 Å². The third-order valence-electron chi connectivity index (χ3n) is 5.43. The van der Waals surface area contributed by atoms with E-state index >= 15 is 0 Å². The van der Waals surface area contributed by atoms with Crippen LogP contribution in [0.2, 0.25) is 0 Å². The van der Waals surface area contributed by atoms with E-state index in [-0.39, 0.29) is 11.7 Å². The van der Waals surface area contributed by atoms with Crippen LogP contribution in [0.15, 0.2) is 41.5 Å². The molecule has 0 radical (unpaired) electrons. The molecular weight excluding hydrogens is 354 g/mol. The van der Waals surface area contributed by atoms with E-state index in [2.05, 4.69) is 20.6 Å². The fourth-order valence-corrected chi connectivity index (χ4v) is 3.86. The fourth-order valence-electron chi connectivity index (χ4n) is 3.86. The van der Waals surface area contributed by atoms with Crippen LogP contribution in [0.4, 0.5) is 11.6 Å². The molecule has 142 valence electrons. The highest BCUT2D eigenvalue weighted by molar-refractivity contribution is 5.85. The highest BCUT2D eigenvalue weighted by Gasteiger charge is 2.23. The molecule has 1 atom stereocenters. The molecule has 28 heavy (non-hydrogen) atoms. The average molecular weight is 375 g/mol. The molecule has 1 aliphatic rings. The molecule has 5 rings (SSSR count). The number of hydrogen-bond acceptors (Lipinski definition) is 6. The van der Waals surface area contributed by atoms with Crippen molar-refractivity contribution in [1.82, 2.24) is 29.4 Å². The Hall–Kier alpha value is -3.26. The van der Waals surface area contributed by atoms with Crippen molar-refractivity contribution in [2.45, 2.75) is 19.4 Å². The lowest BCUT2D eigenvalue weighted by Gasteiger charge is -2.12. The lowest BCUT2D eigenvalue weighted by molar-refractivity contribution is 0.532. The first-order valence-corrected chi connectivity index (χ1v) is 9.39. The maximum Gasteiger partial charge on any atom is 0.330 e. The summed E-state index contributed by atoms with van der Waals surface area (Å²) in [5.41, 5.74) is 4.28. The molecule has 0 saturated carbocycles. The summed E-state index contributed by atoms with van der Waals surface area (Å²) in [6.07, 6.45) is 4.42. The molecule has 1 aliphatic heterocycles. The van der Waals surface area contributed by atoms with Gasteiger partial charge in [-0.05, 0) is 43.7 Å². The first kappa shape index (κ1) is 16.9. The molecule has 1 fully saturated rings. The van der Waals surface area contributed by atoms with E-state index in [4.69, 9.17) is 4.98 Å². The smallest absolute Gasteiger partial charge is 0.324 e. The number of pyridine rings is 1. The SMILES string of the molecule is Cc1cc2ncccc2cc1Nc1ncc2c(n1)n(C1CCNC1)c(=O)n2C. The van der Waals surface area contributed by atoms with Crippen molar-refractivity contribution in [2.75, 3.05) is 18.4 Å². The maximum absolute atomic E-state index is 12.7. The van der Waals surface area contributed by atoms with Crippen molar-refractivity contribution < 1.29 is 0 Å². The van der Waals surface area contributed by atoms with Crippen LogP contribution < -0.4 is 16.3 Å². The Morgan fingerprint density at radius 1 is 1.29 bits per heavy atom. The number of nitrogens with zero attached hydrogens (tertiary/aromatic N) is 5. The zero-order valence-corrected chi connectivity index (χ0v) is 15.8. The minimum atomic E-state index is -0.0527. The van der Waals surface area contributed by atoms with Gasteiger partial charge in [-0.15, -0.1) is 0 Å². The number of aromatic nitrogens is 5. The van der Waals surface area contributed by atoms with Crippen molar-refractivity contribution >= 4 is 33.7 Å². The lowest BCUT2D eigenvalue weighted by Crippen LogP contribution is -2.27. The summed E-state index contributed by atoms with van der Waals surface area (Å²) in [5.74, 6) is 0.476. The van der Waals surface area contributed by atoms with E-state index in [1.54, 1.807) is 28.6 Å². The molecule has 4 aromatic rings. The van der Waals surface area contributed by atoms with E-state index in [1.165, 1.54) is 0 Å². The van der Waals surface area contributed by atoms with Crippen molar-refractivity contribution in [3.63, 3.8) is 0 Å². The third kappa shape index (κ3) is 2.65. The van der Waals surface area contributed by atoms with E-state index in [1.807, 2.05) is 31.2 Å². The van der Waals surface area contributed by atoms with Gasteiger partial charge in [0.15, 0.2) is 5.65 Å². The van der Waals surface area contributed by atoms with Gasteiger partial charge < -0.3 is 10.6 Å². The van der Waals surface area contributed by atoms with Crippen LogP contribution in [0.25, 0.3) is 22.1 Å². The summed E-state index contributed by atoms with van der Waals surface area (Å²) >= 11 is 0. The van der Waals surface area contributed by atoms with Crippen LogP contribution in [0.1, 0.15) is 18.0 Å². The third-order valence-corrected chi connectivity index (χ3v) is 5.43. The Balaban J connectivity index is 1.59. The predicted molar refractivity (Wildman–Crippen MR) is 109 cm³/mol. The molecule has 0 aliphatic carbocycles. The standard InChI is InChI=1S/C20H21N7O/c1-12-8-16-13(4-3-6-22-16)9-15(12)24-19-23-11-17-18(25-19)27(20(28)26(17)2)14-5-7-21-10-14/h3-4,6,8-9,11,14,21H,5,7,10H2,1-2H3,(H,23,24,25). The molecule has 0 spiro atoms. The number of fused-ring (bicyclic) bond motifs is 2. The lowest BCUT2D eigenvalue weighted by atomic mass is 10.1. The molecule has 0 bridgehead atoms. The van der Waals surface area contributed by atoms with Crippen molar-refractivity contribution in [1.29, 1.82) is 0 Å². The number of rotatable bonds is 3. The van der Waals surface area contributed by atoms with Crippen LogP contribution in [-0.4, -0.2) is 37.2 Å². The summed E-state index contributed by atoms with van der Waals surface area (Å²) < 4.78 is 3.41. The van der Waals surface area contributed by atoms with E-state index in [9.17, 15) is 4.79 Å². The Morgan fingerprint density at radius 3 is 3.00 bits per heavy atom. The normalized spacial score (nSPS) is 16.9. The number of nitrogens with one attached hydrogen (secondary N) is 2. The molecule has 8 nitrogen and oxygen atoms in total. The van der Waals surface area contributed by atoms with Gasteiger partial charge in [-0.3, -0.25) is 14.1 Å². The molecule has 2 N–H and O–H groups in total. The van der Waals surface area contributed by atoms with Gasteiger partial charge in [-0.2, -0.15) is 4.98 Å². The molecular formula is C20H21N7O. The fraction of sp³-hybridized carbons (Fsp3) is 0.300. The highest BCUT2D eigenvalue weighted by atomic mass is 16.1. The maximum atomic E-state index is 12.7. The summed E-state index contributed by atoms with van der Waals surface area (Å²) in [6, 6.07) is 8.15. The summed E-state index contributed by atoms with van der Waals surface area (Å²) in [4.78, 5) is 26.3. The van der Waals surface area contributed by atoms with E-state index < -0.39 is 0 Å². The van der Waals surface area contributed by atoms with Crippen LogP contribution in [-0.2, 0) is 7.05 Å². The zero-order chi connectivity index (χ0) is 19.3. The van der Waals surface area contributed by atoms with Crippen molar-refractivity contribution in [3.05, 3.63) is 52.7 Å². The van der Waals surface area contributed by atoms with Gasteiger partial charge in [0.05, 0.1) is 17.8 Å². The van der Waals surface area contributed by atoms with Gasteiger partial charge in [0.1, 0.15) is 5.52 Å². The first-order chi connectivity index (χ1) is 13.6. The quantitative estimate of drug-likeness (QED) is 0.571. The Labute approximate surface area is 161 Å². The second kappa shape index (κ2) is 6.42. The molecule has 8 heteroatoms. The number of aryl methyl sites for hydroxylation is 2. The van der Waals surface area contributed by atoms with Gasteiger partial charge in [-0.25, -0.2) is 9.78 Å². The Bertz CT molecular complexity index is 1250. The Kier molecular flexibility index (Phi) is 3.87. The van der Waals surface area contributed by atoms with Gasteiger partial charge >= 0.3 is 5.69 Å². The number of anilines is 2. The monoisotopic (exact) mass is 375 g/mol. The van der Waals surface area contributed by atoms with Crippen molar-refractivity contribution in [3.8, 4) is 0 Å². The van der Waals surface area contributed by atoms with Crippen LogP contribution in [0, 0.1) is 6.92 Å². The topological polar surface area (TPSA) is 89.7 Å². The van der Waals surface area contributed by atoms with Gasteiger partial charge in [0.2, 0.25) is 5.95 Å². The summed E-state index contributed by atoms with van der Waals surface area (Å²) in [6.45, 7) is 3.72. The minimum absolute atomic E-state index is 0.0527. The van der Waals surface area contributed by atoms with E-state index in [0.29, 0.717) is 11.6 Å². The molecule has 1 unspecified atom stereocenters. The molecule has 0 amide bonds. The highest BCUT2D eigenvalue weighted by Crippen LogP contribution is 2.25. The second-order valence-electron chi connectivity index (χ2n) is 7.25. The molecule has 1 saturated heterocycles. The second-order valence-corrected chi connectivity index (χ2v) is 7.25. The minimum Gasteiger partial charge on any atom is -0.324 e. The number of hydrogen-bond donors (Lipinski definition) is 2.